The van der Waals surface area contributed by atoms with Crippen LogP contribution in [0, 0.1) is 22.7 Å². The first-order valence-electron chi connectivity index (χ1n) is 7.50. The molecule has 108 valence electrons. The minimum Gasteiger partial charge on any atom is -0.292 e. The van der Waals surface area contributed by atoms with Gasteiger partial charge in [0.15, 0.2) is 0 Å². The third kappa shape index (κ3) is 3.52. The molecule has 0 amide bonds. The van der Waals surface area contributed by atoms with Crippen molar-refractivity contribution in [3.63, 3.8) is 0 Å². The Kier molecular flexibility index (Phi) is 4.19. The maximum Gasteiger partial charge on any atom is 0.0991 e. The van der Waals surface area contributed by atoms with Crippen molar-refractivity contribution in [1.82, 2.24) is 4.90 Å². The molecule has 3 rings (SSSR count). The summed E-state index contributed by atoms with van der Waals surface area (Å²) in [5, 5.41) is 18.0. The van der Waals surface area contributed by atoms with Gasteiger partial charge in [-0.05, 0) is 48.2 Å². The summed E-state index contributed by atoms with van der Waals surface area (Å²) in [5.74, 6) is 0. The van der Waals surface area contributed by atoms with Crippen LogP contribution in [0.1, 0.15) is 35.1 Å². The lowest BCUT2D eigenvalue weighted by Crippen LogP contribution is -2.25. The maximum atomic E-state index is 9.02. The molecule has 0 bridgehead atoms. The number of hydrogen-bond donors (Lipinski definition) is 0. The zero-order chi connectivity index (χ0) is 15.4. The highest BCUT2D eigenvalue weighted by Gasteiger charge is 2.28. The van der Waals surface area contributed by atoms with E-state index < -0.39 is 0 Å². The van der Waals surface area contributed by atoms with Crippen LogP contribution in [0.2, 0.25) is 0 Å². The molecule has 1 aliphatic rings. The summed E-state index contributed by atoms with van der Waals surface area (Å²) in [5.41, 5.74) is 3.75. The van der Waals surface area contributed by atoms with Crippen LogP contribution in [0.4, 0.5) is 0 Å². The van der Waals surface area contributed by atoms with Gasteiger partial charge < -0.3 is 0 Å². The monoisotopic (exact) mass is 287 g/mol. The minimum atomic E-state index is 0.622. The van der Waals surface area contributed by atoms with Crippen molar-refractivity contribution in [2.24, 2.45) is 0 Å². The van der Waals surface area contributed by atoms with E-state index >= 15 is 0 Å². The Morgan fingerprint density at radius 3 is 1.77 bits per heavy atom. The molecular formula is C19H17N3. The van der Waals surface area contributed by atoms with Gasteiger partial charge in [0.1, 0.15) is 0 Å². The standard InChI is InChI=1S/C19H17N3/c20-11-15-3-1-5-17(9-15)13-22(19-7-8-19)14-18-6-2-4-16(10-18)12-21/h1-6,9-10,19H,7-8,13-14H2. The molecule has 0 aliphatic heterocycles. The van der Waals surface area contributed by atoms with Crippen LogP contribution in [0.15, 0.2) is 48.5 Å². The third-order valence-electron chi connectivity index (χ3n) is 3.95. The first-order chi connectivity index (χ1) is 10.8. The van der Waals surface area contributed by atoms with Crippen molar-refractivity contribution >= 4 is 0 Å². The smallest absolute Gasteiger partial charge is 0.0991 e. The van der Waals surface area contributed by atoms with Gasteiger partial charge in [-0.2, -0.15) is 10.5 Å². The normalized spacial score (nSPS) is 13.6. The highest BCUT2D eigenvalue weighted by molar-refractivity contribution is 5.34. The predicted octanol–water partition coefficient (Wildman–Crippen LogP) is 3.59. The Hall–Kier alpha value is -2.62. The lowest BCUT2D eigenvalue weighted by atomic mass is 10.1. The maximum absolute atomic E-state index is 9.02. The van der Waals surface area contributed by atoms with Gasteiger partial charge in [0.2, 0.25) is 0 Å². The van der Waals surface area contributed by atoms with Crippen LogP contribution in [0.5, 0.6) is 0 Å². The number of benzene rings is 2. The fraction of sp³-hybridized carbons (Fsp3) is 0.263. The Morgan fingerprint density at radius 2 is 1.36 bits per heavy atom. The zero-order valence-corrected chi connectivity index (χ0v) is 12.4. The molecule has 0 saturated heterocycles. The molecule has 3 nitrogen and oxygen atoms in total. The highest BCUT2D eigenvalue weighted by Crippen LogP contribution is 2.30. The van der Waals surface area contributed by atoms with E-state index in [2.05, 4.69) is 29.2 Å². The summed E-state index contributed by atoms with van der Waals surface area (Å²) in [6.07, 6.45) is 2.46. The topological polar surface area (TPSA) is 50.8 Å². The van der Waals surface area contributed by atoms with Gasteiger partial charge in [-0.25, -0.2) is 0 Å². The van der Waals surface area contributed by atoms with E-state index in [0.29, 0.717) is 17.2 Å². The molecule has 1 saturated carbocycles. The van der Waals surface area contributed by atoms with E-state index in [9.17, 15) is 0 Å². The molecule has 2 aromatic rings. The molecule has 3 heteroatoms. The number of nitrogens with zero attached hydrogens (tertiary/aromatic N) is 3. The Bertz CT molecular complexity index is 688. The second-order valence-electron chi connectivity index (χ2n) is 5.76. The largest absolute Gasteiger partial charge is 0.292 e. The lowest BCUT2D eigenvalue weighted by molar-refractivity contribution is 0.246. The van der Waals surface area contributed by atoms with E-state index in [1.54, 1.807) is 0 Å². The number of hydrogen-bond acceptors (Lipinski definition) is 3. The van der Waals surface area contributed by atoms with E-state index in [-0.39, 0.29) is 0 Å². The van der Waals surface area contributed by atoms with Crippen LogP contribution in [-0.4, -0.2) is 10.9 Å². The molecule has 2 aromatic carbocycles. The van der Waals surface area contributed by atoms with Crippen molar-refractivity contribution in [3.05, 3.63) is 70.8 Å². The van der Waals surface area contributed by atoms with E-state index in [0.717, 1.165) is 13.1 Å². The van der Waals surface area contributed by atoms with Crippen molar-refractivity contribution in [2.45, 2.75) is 32.0 Å². The first-order valence-corrected chi connectivity index (χ1v) is 7.50. The Labute approximate surface area is 131 Å². The van der Waals surface area contributed by atoms with Crippen LogP contribution in [0.25, 0.3) is 0 Å². The summed E-state index contributed by atoms with van der Waals surface area (Å²) < 4.78 is 0. The summed E-state index contributed by atoms with van der Waals surface area (Å²) in [6, 6.07) is 20.6. The minimum absolute atomic E-state index is 0.622. The molecule has 1 aliphatic carbocycles. The summed E-state index contributed by atoms with van der Waals surface area (Å²) in [6.45, 7) is 1.69. The van der Waals surface area contributed by atoms with Crippen LogP contribution in [0.3, 0.4) is 0 Å². The molecule has 0 spiro atoms. The molecule has 0 N–H and O–H groups in total. The molecule has 0 aromatic heterocycles. The molecule has 0 atom stereocenters. The molecule has 0 unspecified atom stereocenters. The van der Waals surface area contributed by atoms with Crippen molar-refractivity contribution < 1.29 is 0 Å². The van der Waals surface area contributed by atoms with Crippen molar-refractivity contribution in [3.8, 4) is 12.1 Å². The molecular weight excluding hydrogens is 270 g/mol. The number of rotatable bonds is 5. The van der Waals surface area contributed by atoms with E-state index in [4.69, 9.17) is 10.5 Å². The van der Waals surface area contributed by atoms with Gasteiger partial charge in [0, 0.05) is 19.1 Å². The number of nitriles is 2. The molecule has 0 radical (unpaired) electrons. The summed E-state index contributed by atoms with van der Waals surface area (Å²) >= 11 is 0. The average Bonchev–Trinajstić information content (AvgIpc) is 3.39. The lowest BCUT2D eigenvalue weighted by Gasteiger charge is -2.22. The highest BCUT2D eigenvalue weighted by atomic mass is 15.2. The summed E-state index contributed by atoms with van der Waals surface area (Å²) in [4.78, 5) is 2.44. The van der Waals surface area contributed by atoms with Gasteiger partial charge in [-0.1, -0.05) is 24.3 Å². The quantitative estimate of drug-likeness (QED) is 0.844. The second-order valence-corrected chi connectivity index (χ2v) is 5.76. The fourth-order valence-electron chi connectivity index (χ4n) is 2.70. The van der Waals surface area contributed by atoms with Gasteiger partial charge in [-0.15, -0.1) is 0 Å². The Morgan fingerprint density at radius 1 is 0.864 bits per heavy atom. The van der Waals surface area contributed by atoms with Crippen molar-refractivity contribution in [1.29, 1.82) is 10.5 Å². The van der Waals surface area contributed by atoms with Gasteiger partial charge >= 0.3 is 0 Å². The Balaban J connectivity index is 1.75. The molecule has 22 heavy (non-hydrogen) atoms. The van der Waals surface area contributed by atoms with Crippen molar-refractivity contribution in [2.75, 3.05) is 0 Å². The van der Waals surface area contributed by atoms with E-state index in [1.165, 1.54) is 24.0 Å². The molecule has 1 fully saturated rings. The van der Waals surface area contributed by atoms with Gasteiger partial charge in [0.05, 0.1) is 23.3 Å². The average molecular weight is 287 g/mol. The summed E-state index contributed by atoms with van der Waals surface area (Å²) in [7, 11) is 0. The van der Waals surface area contributed by atoms with Crippen LogP contribution in [-0.2, 0) is 13.1 Å². The van der Waals surface area contributed by atoms with Crippen LogP contribution >= 0.6 is 0 Å². The third-order valence-corrected chi connectivity index (χ3v) is 3.95. The van der Waals surface area contributed by atoms with Crippen LogP contribution < -0.4 is 0 Å². The zero-order valence-electron chi connectivity index (χ0n) is 12.4. The SMILES string of the molecule is N#Cc1cccc(CN(Cc2cccc(C#N)c2)C2CC2)c1. The second kappa shape index (κ2) is 6.43. The van der Waals surface area contributed by atoms with E-state index in [1.807, 2.05) is 36.4 Å². The van der Waals surface area contributed by atoms with Gasteiger partial charge in [0.25, 0.3) is 0 Å². The first kappa shape index (κ1) is 14.3. The fourth-order valence-corrected chi connectivity index (χ4v) is 2.70. The molecule has 0 heterocycles. The predicted molar refractivity (Wildman–Crippen MR) is 84.6 cm³/mol. The van der Waals surface area contributed by atoms with Gasteiger partial charge in [-0.3, -0.25) is 4.90 Å².